The van der Waals surface area contributed by atoms with Gasteiger partial charge in [-0.25, -0.2) is 0 Å². The first-order valence-corrected chi connectivity index (χ1v) is 7.15. The molecule has 2 aromatic heterocycles. The van der Waals surface area contributed by atoms with Gasteiger partial charge in [-0.3, -0.25) is 4.79 Å². The van der Waals surface area contributed by atoms with Crippen LogP contribution in [-0.2, 0) is 0 Å². The van der Waals surface area contributed by atoms with Gasteiger partial charge < -0.3 is 15.2 Å². The Hall–Kier alpha value is -1.30. The third-order valence-corrected chi connectivity index (χ3v) is 4.04. The molecule has 19 heavy (non-hydrogen) atoms. The number of halogens is 1. The normalized spacial score (nSPS) is 12.6. The minimum absolute atomic E-state index is 0.143. The maximum absolute atomic E-state index is 11.9. The Morgan fingerprint density at radius 3 is 2.89 bits per heavy atom. The number of aromatic nitrogens is 1. The molecule has 0 bridgehead atoms. The minimum atomic E-state index is -0.143. The van der Waals surface area contributed by atoms with Gasteiger partial charge in [0.2, 0.25) is 0 Å². The van der Waals surface area contributed by atoms with E-state index in [1.54, 1.807) is 23.6 Å². The number of nitrogens with one attached hydrogen (secondary N) is 2. The largest absolute Gasteiger partial charge is 0.356 e. The van der Waals surface area contributed by atoms with Crippen LogP contribution in [0.15, 0.2) is 29.8 Å². The highest BCUT2D eigenvalue weighted by Crippen LogP contribution is 2.22. The first-order valence-electron chi connectivity index (χ1n) is 5.90. The quantitative estimate of drug-likeness (QED) is 0.891. The highest BCUT2D eigenvalue weighted by molar-refractivity contribution is 7.10. The van der Waals surface area contributed by atoms with Gasteiger partial charge in [0, 0.05) is 17.6 Å². The number of H-pyrrole nitrogens is 1. The summed E-state index contributed by atoms with van der Waals surface area (Å²) >= 11 is 7.47. The van der Waals surface area contributed by atoms with Gasteiger partial charge in [-0.2, -0.15) is 0 Å². The fourth-order valence-corrected chi connectivity index (χ4v) is 2.89. The second-order valence-electron chi connectivity index (χ2n) is 4.44. The molecule has 102 valence electrons. The number of hydrogen-bond donors (Lipinski definition) is 2. The maximum atomic E-state index is 11.9. The first-order chi connectivity index (χ1) is 9.08. The van der Waals surface area contributed by atoms with Gasteiger partial charge in [0.15, 0.2) is 0 Å². The molecule has 4 nitrogen and oxygen atoms in total. The second-order valence-corrected chi connectivity index (χ2v) is 5.85. The van der Waals surface area contributed by atoms with E-state index in [1.165, 1.54) is 4.88 Å². The number of carbonyl (C=O) groups excluding carboxylic acids is 1. The van der Waals surface area contributed by atoms with E-state index in [0.29, 0.717) is 17.3 Å². The van der Waals surface area contributed by atoms with E-state index in [9.17, 15) is 4.79 Å². The van der Waals surface area contributed by atoms with Crippen molar-refractivity contribution in [2.24, 2.45) is 0 Å². The maximum Gasteiger partial charge on any atom is 0.267 e. The van der Waals surface area contributed by atoms with Gasteiger partial charge in [-0.1, -0.05) is 17.7 Å². The summed E-state index contributed by atoms with van der Waals surface area (Å²) in [5.74, 6) is -0.143. The molecule has 0 aromatic carbocycles. The Kier molecular flexibility index (Phi) is 4.63. The van der Waals surface area contributed by atoms with Crippen LogP contribution in [0.4, 0.5) is 0 Å². The number of aromatic amines is 1. The molecule has 0 aliphatic rings. The number of thiophene rings is 1. The average Bonchev–Trinajstić information content (AvgIpc) is 3.00. The van der Waals surface area contributed by atoms with Crippen LogP contribution in [0.5, 0.6) is 0 Å². The number of nitrogens with zero attached hydrogens (tertiary/aromatic N) is 1. The predicted molar refractivity (Wildman–Crippen MR) is 78.9 cm³/mol. The Bertz CT molecular complexity index is 536. The van der Waals surface area contributed by atoms with Gasteiger partial charge in [-0.05, 0) is 31.6 Å². The summed E-state index contributed by atoms with van der Waals surface area (Å²) < 4.78 is 0. The molecule has 2 N–H and O–H groups in total. The topological polar surface area (TPSA) is 48.1 Å². The molecule has 2 heterocycles. The Morgan fingerprint density at radius 2 is 2.37 bits per heavy atom. The van der Waals surface area contributed by atoms with E-state index >= 15 is 0 Å². The van der Waals surface area contributed by atoms with Crippen molar-refractivity contribution in [1.29, 1.82) is 0 Å². The van der Waals surface area contributed by atoms with E-state index in [0.717, 1.165) is 0 Å². The molecular formula is C13H16ClN3OS. The van der Waals surface area contributed by atoms with Crippen molar-refractivity contribution in [3.05, 3.63) is 45.4 Å². The molecule has 2 aromatic rings. The number of rotatable bonds is 5. The number of likely N-dealkylation sites (N-methyl/N-ethyl adjacent to an activating group) is 1. The summed E-state index contributed by atoms with van der Waals surface area (Å²) in [7, 11) is 4.00. The molecule has 0 aliphatic carbocycles. The van der Waals surface area contributed by atoms with Crippen molar-refractivity contribution in [1.82, 2.24) is 15.2 Å². The zero-order valence-corrected chi connectivity index (χ0v) is 12.4. The molecule has 1 amide bonds. The lowest BCUT2D eigenvalue weighted by Crippen LogP contribution is -2.34. The van der Waals surface area contributed by atoms with Crippen LogP contribution in [0.1, 0.15) is 21.4 Å². The van der Waals surface area contributed by atoms with Crippen LogP contribution >= 0.6 is 22.9 Å². The standard InChI is InChI=1S/C13H16ClN3OS/c1-17(2)11(12-4-3-5-19-12)8-16-13(18)10-6-9(14)7-15-10/h3-7,11,15H,8H2,1-2H3,(H,16,18). The van der Waals surface area contributed by atoms with Gasteiger partial charge >= 0.3 is 0 Å². The van der Waals surface area contributed by atoms with Crippen LogP contribution in [0.2, 0.25) is 5.02 Å². The van der Waals surface area contributed by atoms with Gasteiger partial charge in [0.1, 0.15) is 5.69 Å². The van der Waals surface area contributed by atoms with E-state index < -0.39 is 0 Å². The minimum Gasteiger partial charge on any atom is -0.356 e. The monoisotopic (exact) mass is 297 g/mol. The summed E-state index contributed by atoms with van der Waals surface area (Å²) in [4.78, 5) is 18.1. The summed E-state index contributed by atoms with van der Waals surface area (Å²) in [6.45, 7) is 0.559. The zero-order chi connectivity index (χ0) is 13.8. The van der Waals surface area contributed by atoms with Crippen molar-refractivity contribution in [3.63, 3.8) is 0 Å². The van der Waals surface area contributed by atoms with Gasteiger partial charge in [0.05, 0.1) is 11.1 Å². The summed E-state index contributed by atoms with van der Waals surface area (Å²) in [6.07, 6.45) is 1.60. The summed E-state index contributed by atoms with van der Waals surface area (Å²) in [6, 6.07) is 5.89. The predicted octanol–water partition coefficient (Wildman–Crippen LogP) is 2.76. The van der Waals surface area contributed by atoms with Crippen LogP contribution in [-0.4, -0.2) is 36.4 Å². The Labute approximate surface area is 121 Å². The van der Waals surface area contributed by atoms with Crippen LogP contribution in [0, 0.1) is 0 Å². The zero-order valence-electron chi connectivity index (χ0n) is 10.8. The molecular weight excluding hydrogens is 282 g/mol. The first kappa shape index (κ1) is 14.1. The molecule has 0 saturated heterocycles. The van der Waals surface area contributed by atoms with E-state index in [1.807, 2.05) is 25.5 Å². The molecule has 2 rings (SSSR count). The molecule has 1 unspecified atom stereocenters. The molecule has 0 aliphatic heterocycles. The third-order valence-electron chi connectivity index (χ3n) is 2.84. The van der Waals surface area contributed by atoms with Crippen molar-refractivity contribution < 1.29 is 4.79 Å². The smallest absolute Gasteiger partial charge is 0.267 e. The highest BCUT2D eigenvalue weighted by Gasteiger charge is 2.17. The molecule has 6 heteroatoms. The van der Waals surface area contributed by atoms with Crippen LogP contribution in [0.3, 0.4) is 0 Å². The van der Waals surface area contributed by atoms with Crippen molar-refractivity contribution >= 4 is 28.8 Å². The Balaban J connectivity index is 1.98. The molecule has 1 atom stereocenters. The fourth-order valence-electron chi connectivity index (χ4n) is 1.80. The SMILES string of the molecule is CN(C)C(CNC(=O)c1cc(Cl)c[nH]1)c1cccs1. The highest BCUT2D eigenvalue weighted by atomic mass is 35.5. The van der Waals surface area contributed by atoms with Gasteiger partial charge in [0.25, 0.3) is 5.91 Å². The van der Waals surface area contributed by atoms with Crippen LogP contribution in [0.25, 0.3) is 0 Å². The fraction of sp³-hybridized carbons (Fsp3) is 0.308. The number of hydrogen-bond acceptors (Lipinski definition) is 3. The van der Waals surface area contributed by atoms with Crippen LogP contribution < -0.4 is 5.32 Å². The molecule has 0 saturated carbocycles. The van der Waals surface area contributed by atoms with Crippen molar-refractivity contribution in [2.45, 2.75) is 6.04 Å². The number of amides is 1. The molecule has 0 spiro atoms. The lowest BCUT2D eigenvalue weighted by atomic mass is 10.2. The Morgan fingerprint density at radius 1 is 1.58 bits per heavy atom. The van der Waals surface area contributed by atoms with E-state index in [4.69, 9.17) is 11.6 Å². The number of carbonyl (C=O) groups is 1. The average molecular weight is 298 g/mol. The van der Waals surface area contributed by atoms with Gasteiger partial charge in [-0.15, -0.1) is 11.3 Å². The van der Waals surface area contributed by atoms with Crippen molar-refractivity contribution in [2.75, 3.05) is 20.6 Å². The third kappa shape index (κ3) is 3.59. The summed E-state index contributed by atoms with van der Waals surface area (Å²) in [5, 5.41) is 5.49. The second kappa shape index (κ2) is 6.23. The lowest BCUT2D eigenvalue weighted by Gasteiger charge is -2.23. The molecule has 0 radical (unpaired) electrons. The molecule has 0 fully saturated rings. The summed E-state index contributed by atoms with van der Waals surface area (Å²) in [5.41, 5.74) is 0.480. The van der Waals surface area contributed by atoms with E-state index in [-0.39, 0.29) is 11.9 Å². The van der Waals surface area contributed by atoms with Crippen molar-refractivity contribution in [3.8, 4) is 0 Å². The lowest BCUT2D eigenvalue weighted by molar-refractivity contribution is 0.0938. The van der Waals surface area contributed by atoms with E-state index in [2.05, 4.69) is 21.3 Å².